The Morgan fingerprint density at radius 3 is 2.75 bits per heavy atom. The van der Waals surface area contributed by atoms with Crippen molar-refractivity contribution in [3.8, 4) is 11.4 Å². The fourth-order valence-corrected chi connectivity index (χ4v) is 4.58. The molecule has 4 rings (SSSR count). The van der Waals surface area contributed by atoms with E-state index < -0.39 is 0 Å². The zero-order valence-corrected chi connectivity index (χ0v) is 16.3. The number of halogens is 1. The van der Waals surface area contributed by atoms with Gasteiger partial charge in [0.2, 0.25) is 17.6 Å². The highest BCUT2D eigenvalue weighted by molar-refractivity contribution is 5.76. The number of hydrogen-bond acceptors (Lipinski definition) is 4. The van der Waals surface area contributed by atoms with E-state index in [0.717, 1.165) is 38.3 Å². The van der Waals surface area contributed by atoms with Gasteiger partial charge in [-0.3, -0.25) is 4.79 Å². The quantitative estimate of drug-likeness (QED) is 0.728. The maximum Gasteiger partial charge on any atom is 0.227 e. The van der Waals surface area contributed by atoms with Gasteiger partial charge in [0.15, 0.2) is 0 Å². The van der Waals surface area contributed by atoms with Crippen molar-refractivity contribution in [3.05, 3.63) is 36.0 Å². The van der Waals surface area contributed by atoms with E-state index in [0.29, 0.717) is 30.2 Å². The first-order valence-electron chi connectivity index (χ1n) is 10.5. The number of carbonyl (C=O) groups is 1. The first-order chi connectivity index (χ1) is 13.7. The second kappa shape index (κ2) is 8.84. The van der Waals surface area contributed by atoms with Crippen molar-refractivity contribution in [1.82, 2.24) is 15.0 Å². The topological polar surface area (TPSA) is 59.2 Å². The minimum Gasteiger partial charge on any atom is -0.342 e. The summed E-state index contributed by atoms with van der Waals surface area (Å²) in [6.07, 6.45) is 9.62. The van der Waals surface area contributed by atoms with Gasteiger partial charge in [-0.15, -0.1) is 0 Å². The minimum atomic E-state index is -0.355. The molecule has 2 fully saturated rings. The van der Waals surface area contributed by atoms with Crippen molar-refractivity contribution >= 4 is 5.91 Å². The summed E-state index contributed by atoms with van der Waals surface area (Å²) in [4.78, 5) is 19.0. The van der Waals surface area contributed by atoms with Crippen LogP contribution in [0.15, 0.2) is 28.8 Å². The van der Waals surface area contributed by atoms with Gasteiger partial charge >= 0.3 is 0 Å². The summed E-state index contributed by atoms with van der Waals surface area (Å²) in [5.74, 6) is 1.80. The first kappa shape index (κ1) is 19.1. The number of nitrogens with zero attached hydrogens (tertiary/aromatic N) is 3. The fourth-order valence-electron chi connectivity index (χ4n) is 4.58. The summed E-state index contributed by atoms with van der Waals surface area (Å²) in [7, 11) is 0. The summed E-state index contributed by atoms with van der Waals surface area (Å²) < 4.78 is 19.3. The van der Waals surface area contributed by atoms with Gasteiger partial charge in [0.1, 0.15) is 5.82 Å². The molecule has 150 valence electrons. The monoisotopic (exact) mass is 385 g/mol. The standard InChI is InChI=1S/C22H28FN3O2/c23-19-10-4-3-9-18(19)22-24-20(28-25-22)14-17-8-5-13-26(15-17)21(27)12-11-16-6-1-2-7-16/h3-4,9-10,16-17H,1-2,5-8,11-15H2. The van der Waals surface area contributed by atoms with E-state index in [4.69, 9.17) is 4.52 Å². The number of aromatic nitrogens is 2. The van der Waals surface area contributed by atoms with Crippen LogP contribution in [-0.4, -0.2) is 34.0 Å². The molecule has 1 saturated carbocycles. The number of carbonyl (C=O) groups excluding carboxylic acids is 1. The highest BCUT2D eigenvalue weighted by atomic mass is 19.1. The molecule has 0 bridgehead atoms. The van der Waals surface area contributed by atoms with Gasteiger partial charge in [0.05, 0.1) is 5.56 Å². The molecule has 1 aromatic heterocycles. The third-order valence-corrected chi connectivity index (χ3v) is 6.16. The Bertz CT molecular complexity index is 801. The van der Waals surface area contributed by atoms with Gasteiger partial charge in [0.25, 0.3) is 0 Å². The lowest BCUT2D eigenvalue weighted by Crippen LogP contribution is -2.40. The van der Waals surface area contributed by atoms with Crippen molar-refractivity contribution < 1.29 is 13.7 Å². The zero-order valence-electron chi connectivity index (χ0n) is 16.3. The summed E-state index contributed by atoms with van der Waals surface area (Å²) in [6, 6.07) is 6.43. The molecule has 5 nitrogen and oxygen atoms in total. The second-order valence-corrected chi connectivity index (χ2v) is 8.23. The molecule has 6 heteroatoms. The van der Waals surface area contributed by atoms with E-state index in [-0.39, 0.29) is 17.5 Å². The lowest BCUT2D eigenvalue weighted by atomic mass is 9.94. The third-order valence-electron chi connectivity index (χ3n) is 6.16. The molecule has 1 unspecified atom stereocenters. The SMILES string of the molecule is O=C(CCC1CCCC1)N1CCCC(Cc2nc(-c3ccccc3F)no2)C1. The Hall–Kier alpha value is -2.24. The molecule has 1 aliphatic heterocycles. The van der Waals surface area contributed by atoms with Crippen molar-refractivity contribution in [2.75, 3.05) is 13.1 Å². The van der Waals surface area contributed by atoms with Gasteiger partial charge in [-0.05, 0) is 43.2 Å². The van der Waals surface area contributed by atoms with Crippen molar-refractivity contribution in [1.29, 1.82) is 0 Å². The average Bonchev–Trinajstić information content (AvgIpc) is 3.39. The van der Waals surface area contributed by atoms with E-state index in [2.05, 4.69) is 10.1 Å². The van der Waals surface area contributed by atoms with Crippen LogP contribution in [0.4, 0.5) is 4.39 Å². The second-order valence-electron chi connectivity index (χ2n) is 8.23. The number of likely N-dealkylation sites (tertiary alicyclic amines) is 1. The highest BCUT2D eigenvalue weighted by Crippen LogP contribution is 2.29. The predicted molar refractivity (Wildman–Crippen MR) is 104 cm³/mol. The molecule has 1 amide bonds. The largest absolute Gasteiger partial charge is 0.342 e. The lowest BCUT2D eigenvalue weighted by Gasteiger charge is -2.32. The molecular weight excluding hydrogens is 357 g/mol. The van der Waals surface area contributed by atoms with Crippen LogP contribution < -0.4 is 0 Å². The maximum atomic E-state index is 13.9. The Morgan fingerprint density at radius 1 is 1.14 bits per heavy atom. The van der Waals surface area contributed by atoms with Crippen LogP contribution >= 0.6 is 0 Å². The third kappa shape index (κ3) is 4.59. The van der Waals surface area contributed by atoms with Crippen LogP contribution in [0.3, 0.4) is 0 Å². The molecule has 2 heterocycles. The summed E-state index contributed by atoms with van der Waals surface area (Å²) in [6.45, 7) is 1.60. The molecule has 0 N–H and O–H groups in total. The number of piperidine rings is 1. The summed E-state index contributed by atoms with van der Waals surface area (Å²) in [5.41, 5.74) is 0.352. The van der Waals surface area contributed by atoms with Crippen LogP contribution in [0.25, 0.3) is 11.4 Å². The first-order valence-corrected chi connectivity index (χ1v) is 10.5. The molecule has 1 atom stereocenters. The Morgan fingerprint density at radius 2 is 1.93 bits per heavy atom. The predicted octanol–water partition coefficient (Wildman–Crippen LogP) is 4.63. The van der Waals surface area contributed by atoms with Crippen molar-refractivity contribution in [2.24, 2.45) is 11.8 Å². The Kier molecular flexibility index (Phi) is 6.03. The molecule has 2 aliphatic rings. The Balaban J connectivity index is 1.31. The van der Waals surface area contributed by atoms with Crippen molar-refractivity contribution in [2.45, 2.75) is 57.8 Å². The molecule has 1 aromatic carbocycles. The normalized spacial score (nSPS) is 20.6. The van der Waals surface area contributed by atoms with Gasteiger partial charge in [-0.2, -0.15) is 4.98 Å². The molecule has 0 spiro atoms. The highest BCUT2D eigenvalue weighted by Gasteiger charge is 2.26. The molecular formula is C22H28FN3O2. The number of benzene rings is 1. The fraction of sp³-hybridized carbons (Fsp3) is 0.591. The van der Waals surface area contributed by atoms with E-state index in [9.17, 15) is 9.18 Å². The van der Waals surface area contributed by atoms with E-state index in [1.807, 2.05) is 4.90 Å². The lowest BCUT2D eigenvalue weighted by molar-refractivity contribution is -0.133. The zero-order chi connectivity index (χ0) is 19.3. The molecule has 0 radical (unpaired) electrons. The van der Waals surface area contributed by atoms with E-state index in [1.165, 1.54) is 31.7 Å². The number of hydrogen-bond donors (Lipinski definition) is 0. The van der Waals surface area contributed by atoms with Crippen LogP contribution in [-0.2, 0) is 11.2 Å². The Labute approximate surface area is 165 Å². The van der Waals surface area contributed by atoms with Gasteiger partial charge in [-0.1, -0.05) is 43.0 Å². The molecule has 1 saturated heterocycles. The van der Waals surface area contributed by atoms with Crippen LogP contribution in [0.1, 0.15) is 57.3 Å². The van der Waals surface area contributed by atoms with Crippen LogP contribution in [0.2, 0.25) is 0 Å². The van der Waals surface area contributed by atoms with Gasteiger partial charge < -0.3 is 9.42 Å². The minimum absolute atomic E-state index is 0.286. The molecule has 28 heavy (non-hydrogen) atoms. The van der Waals surface area contributed by atoms with Crippen LogP contribution in [0.5, 0.6) is 0 Å². The molecule has 2 aromatic rings. The van der Waals surface area contributed by atoms with E-state index in [1.54, 1.807) is 18.2 Å². The van der Waals surface area contributed by atoms with Crippen molar-refractivity contribution in [3.63, 3.8) is 0 Å². The van der Waals surface area contributed by atoms with Gasteiger partial charge in [0, 0.05) is 25.9 Å². The van der Waals surface area contributed by atoms with Gasteiger partial charge in [-0.25, -0.2) is 4.39 Å². The van der Waals surface area contributed by atoms with E-state index >= 15 is 0 Å². The average molecular weight is 385 g/mol. The smallest absolute Gasteiger partial charge is 0.227 e. The maximum absolute atomic E-state index is 13.9. The summed E-state index contributed by atoms with van der Waals surface area (Å²) >= 11 is 0. The molecule has 1 aliphatic carbocycles. The van der Waals surface area contributed by atoms with Crippen LogP contribution in [0, 0.1) is 17.7 Å². The number of amides is 1. The number of rotatable bonds is 6. The summed E-state index contributed by atoms with van der Waals surface area (Å²) in [5, 5.41) is 3.93.